The molecule has 3 rings (SSSR count). The Bertz CT molecular complexity index is 734. The average molecular weight is 344 g/mol. The van der Waals surface area contributed by atoms with E-state index in [0.29, 0.717) is 13.2 Å². The Kier molecular flexibility index (Phi) is 4.31. The molecule has 0 aliphatic heterocycles. The van der Waals surface area contributed by atoms with E-state index in [2.05, 4.69) is 31.2 Å². The molecule has 106 valence electrons. The van der Waals surface area contributed by atoms with Crippen LogP contribution >= 0.6 is 15.9 Å². The van der Waals surface area contributed by atoms with Gasteiger partial charge in [0, 0.05) is 23.4 Å². The Morgan fingerprint density at radius 3 is 2.81 bits per heavy atom. The van der Waals surface area contributed by atoms with Crippen molar-refractivity contribution in [3.63, 3.8) is 0 Å². The normalized spacial score (nSPS) is 10.5. The number of rotatable bonds is 5. The van der Waals surface area contributed by atoms with Crippen LogP contribution in [0.2, 0.25) is 0 Å². The summed E-state index contributed by atoms with van der Waals surface area (Å²) < 4.78 is 6.58. The molecule has 0 saturated heterocycles. The van der Waals surface area contributed by atoms with Gasteiger partial charge in [-0.05, 0) is 40.2 Å². The van der Waals surface area contributed by atoms with E-state index in [9.17, 15) is 0 Å². The van der Waals surface area contributed by atoms with E-state index in [1.165, 1.54) is 0 Å². The van der Waals surface area contributed by atoms with Crippen LogP contribution in [0.5, 0.6) is 5.75 Å². The van der Waals surface area contributed by atoms with Crippen molar-refractivity contribution in [2.45, 2.75) is 0 Å². The first-order chi connectivity index (χ1) is 10.3. The van der Waals surface area contributed by atoms with Crippen molar-refractivity contribution in [1.82, 2.24) is 9.97 Å². The summed E-state index contributed by atoms with van der Waals surface area (Å²) in [6.45, 7) is 1.29. The molecule has 1 N–H and O–H groups in total. The molecule has 0 spiro atoms. The SMILES string of the molecule is Brc1cnc2c(NCCOc3ccccc3)ccnc2c1. The van der Waals surface area contributed by atoms with Crippen LogP contribution in [0.15, 0.2) is 59.3 Å². The summed E-state index contributed by atoms with van der Waals surface area (Å²) in [6, 6.07) is 13.7. The highest BCUT2D eigenvalue weighted by atomic mass is 79.9. The Balaban J connectivity index is 1.63. The van der Waals surface area contributed by atoms with Gasteiger partial charge in [-0.2, -0.15) is 0 Å². The number of para-hydroxylation sites is 1. The van der Waals surface area contributed by atoms with Crippen molar-refractivity contribution >= 4 is 32.7 Å². The monoisotopic (exact) mass is 343 g/mol. The number of nitrogens with zero attached hydrogens (tertiary/aromatic N) is 2. The quantitative estimate of drug-likeness (QED) is 0.714. The van der Waals surface area contributed by atoms with Crippen molar-refractivity contribution in [3.05, 3.63) is 59.3 Å². The zero-order valence-electron chi connectivity index (χ0n) is 11.3. The van der Waals surface area contributed by atoms with E-state index in [4.69, 9.17) is 4.74 Å². The van der Waals surface area contributed by atoms with Gasteiger partial charge in [0.2, 0.25) is 0 Å². The zero-order chi connectivity index (χ0) is 14.5. The largest absolute Gasteiger partial charge is 0.492 e. The summed E-state index contributed by atoms with van der Waals surface area (Å²) in [5, 5.41) is 3.33. The van der Waals surface area contributed by atoms with Crippen LogP contribution in [0.4, 0.5) is 5.69 Å². The van der Waals surface area contributed by atoms with Crippen LogP contribution in [-0.4, -0.2) is 23.1 Å². The summed E-state index contributed by atoms with van der Waals surface area (Å²) >= 11 is 3.40. The van der Waals surface area contributed by atoms with Gasteiger partial charge in [0.25, 0.3) is 0 Å². The predicted molar refractivity (Wildman–Crippen MR) is 87.7 cm³/mol. The van der Waals surface area contributed by atoms with Gasteiger partial charge in [-0.1, -0.05) is 18.2 Å². The topological polar surface area (TPSA) is 47.0 Å². The zero-order valence-corrected chi connectivity index (χ0v) is 12.9. The molecular formula is C16H14BrN3O. The van der Waals surface area contributed by atoms with Crippen LogP contribution in [0.3, 0.4) is 0 Å². The van der Waals surface area contributed by atoms with Gasteiger partial charge in [-0.25, -0.2) is 0 Å². The van der Waals surface area contributed by atoms with Gasteiger partial charge in [-0.15, -0.1) is 0 Å². The molecule has 0 unspecified atom stereocenters. The summed E-state index contributed by atoms with van der Waals surface area (Å²) in [5.41, 5.74) is 2.68. The number of nitrogens with one attached hydrogen (secondary N) is 1. The maximum Gasteiger partial charge on any atom is 0.119 e. The number of halogens is 1. The van der Waals surface area contributed by atoms with Crippen LogP contribution < -0.4 is 10.1 Å². The smallest absolute Gasteiger partial charge is 0.119 e. The molecule has 0 amide bonds. The van der Waals surface area contributed by atoms with Crippen molar-refractivity contribution in [2.75, 3.05) is 18.5 Å². The molecule has 0 aliphatic carbocycles. The molecule has 0 radical (unpaired) electrons. The fourth-order valence-corrected chi connectivity index (χ4v) is 2.34. The third kappa shape index (κ3) is 3.49. The third-order valence-electron chi connectivity index (χ3n) is 2.97. The van der Waals surface area contributed by atoms with Crippen molar-refractivity contribution in [1.29, 1.82) is 0 Å². The van der Waals surface area contributed by atoms with E-state index in [-0.39, 0.29) is 0 Å². The molecule has 1 aromatic carbocycles. The fraction of sp³-hybridized carbons (Fsp3) is 0.125. The molecule has 0 atom stereocenters. The standard InChI is InChI=1S/C16H14BrN3O/c17-12-10-15-16(20-11-12)14(6-7-18-15)19-8-9-21-13-4-2-1-3-5-13/h1-7,10-11H,8-9H2,(H,18,19). The molecule has 0 saturated carbocycles. The summed E-state index contributed by atoms with van der Waals surface area (Å²) in [6.07, 6.45) is 3.55. The number of ether oxygens (including phenoxy) is 1. The van der Waals surface area contributed by atoms with E-state index in [1.807, 2.05) is 42.5 Å². The second-order valence-electron chi connectivity index (χ2n) is 4.47. The highest BCUT2D eigenvalue weighted by molar-refractivity contribution is 9.10. The minimum atomic E-state index is 0.588. The molecule has 3 aromatic rings. The van der Waals surface area contributed by atoms with Crippen molar-refractivity contribution < 1.29 is 4.74 Å². The Hall–Kier alpha value is -2.14. The van der Waals surface area contributed by atoms with Gasteiger partial charge in [0.15, 0.2) is 0 Å². The van der Waals surface area contributed by atoms with Crippen LogP contribution in [0, 0.1) is 0 Å². The number of aromatic nitrogens is 2. The lowest BCUT2D eigenvalue weighted by Gasteiger charge is -2.10. The number of pyridine rings is 2. The first-order valence-electron chi connectivity index (χ1n) is 6.65. The number of benzene rings is 1. The van der Waals surface area contributed by atoms with Crippen LogP contribution in [0.25, 0.3) is 11.0 Å². The van der Waals surface area contributed by atoms with Crippen molar-refractivity contribution in [3.8, 4) is 5.75 Å². The van der Waals surface area contributed by atoms with E-state index in [1.54, 1.807) is 12.4 Å². The maximum absolute atomic E-state index is 5.65. The van der Waals surface area contributed by atoms with Gasteiger partial charge in [-0.3, -0.25) is 9.97 Å². The van der Waals surface area contributed by atoms with E-state index >= 15 is 0 Å². The molecular weight excluding hydrogens is 330 g/mol. The Morgan fingerprint density at radius 2 is 1.95 bits per heavy atom. The lowest BCUT2D eigenvalue weighted by atomic mass is 10.3. The second-order valence-corrected chi connectivity index (χ2v) is 5.38. The molecule has 21 heavy (non-hydrogen) atoms. The molecule has 2 heterocycles. The lowest BCUT2D eigenvalue weighted by molar-refractivity contribution is 0.333. The van der Waals surface area contributed by atoms with Gasteiger partial charge >= 0.3 is 0 Å². The number of hydrogen-bond donors (Lipinski definition) is 1. The van der Waals surface area contributed by atoms with E-state index < -0.39 is 0 Å². The minimum Gasteiger partial charge on any atom is -0.492 e. The molecule has 0 fully saturated rings. The van der Waals surface area contributed by atoms with E-state index in [0.717, 1.165) is 26.9 Å². The lowest BCUT2D eigenvalue weighted by Crippen LogP contribution is -2.12. The van der Waals surface area contributed by atoms with Gasteiger partial charge < -0.3 is 10.1 Å². The number of anilines is 1. The summed E-state index contributed by atoms with van der Waals surface area (Å²) in [4.78, 5) is 8.72. The average Bonchev–Trinajstić information content (AvgIpc) is 2.52. The third-order valence-corrected chi connectivity index (χ3v) is 3.41. The Morgan fingerprint density at radius 1 is 1.10 bits per heavy atom. The Labute approximate surface area is 131 Å². The molecule has 0 aliphatic rings. The molecule has 5 heteroatoms. The first-order valence-corrected chi connectivity index (χ1v) is 7.44. The molecule has 0 bridgehead atoms. The fourth-order valence-electron chi connectivity index (χ4n) is 2.02. The van der Waals surface area contributed by atoms with Crippen LogP contribution in [-0.2, 0) is 0 Å². The minimum absolute atomic E-state index is 0.588. The first kappa shape index (κ1) is 13.8. The number of hydrogen-bond acceptors (Lipinski definition) is 4. The van der Waals surface area contributed by atoms with Crippen LogP contribution in [0.1, 0.15) is 0 Å². The maximum atomic E-state index is 5.65. The van der Waals surface area contributed by atoms with Crippen molar-refractivity contribution in [2.24, 2.45) is 0 Å². The highest BCUT2D eigenvalue weighted by Gasteiger charge is 2.03. The predicted octanol–water partition coefficient (Wildman–Crippen LogP) is 3.88. The summed E-state index contributed by atoms with van der Waals surface area (Å²) in [7, 11) is 0. The number of fused-ring (bicyclic) bond motifs is 1. The second kappa shape index (κ2) is 6.54. The highest BCUT2D eigenvalue weighted by Crippen LogP contribution is 2.21. The summed E-state index contributed by atoms with van der Waals surface area (Å²) in [5.74, 6) is 0.876. The molecule has 2 aromatic heterocycles. The van der Waals surface area contributed by atoms with Gasteiger partial charge in [0.1, 0.15) is 17.9 Å². The molecule has 4 nitrogen and oxygen atoms in total. The van der Waals surface area contributed by atoms with Gasteiger partial charge in [0.05, 0.1) is 11.2 Å².